The highest BCUT2D eigenvalue weighted by molar-refractivity contribution is 5.89. The molecule has 0 aromatic heterocycles. The van der Waals surface area contributed by atoms with Gasteiger partial charge in [-0.2, -0.15) is 0 Å². The van der Waals surface area contributed by atoms with Crippen molar-refractivity contribution < 1.29 is 14.7 Å². The third-order valence-corrected chi connectivity index (χ3v) is 3.24. The Morgan fingerprint density at radius 2 is 2.16 bits per heavy atom. The topological polar surface area (TPSA) is 78.4 Å². The van der Waals surface area contributed by atoms with Crippen LogP contribution in [0.3, 0.4) is 0 Å². The van der Waals surface area contributed by atoms with E-state index < -0.39 is 0 Å². The number of nitrogens with one attached hydrogen (secondary N) is 2. The second kappa shape index (κ2) is 6.33. The van der Waals surface area contributed by atoms with Crippen LogP contribution in [0.5, 0.6) is 0 Å². The van der Waals surface area contributed by atoms with Crippen LogP contribution in [0.2, 0.25) is 0 Å². The second-order valence-electron chi connectivity index (χ2n) is 4.78. The Bertz CT molecular complexity index is 447. The molecule has 5 heteroatoms. The third kappa shape index (κ3) is 3.79. The van der Waals surface area contributed by atoms with Crippen LogP contribution < -0.4 is 10.6 Å². The molecule has 19 heavy (non-hydrogen) atoms. The Morgan fingerprint density at radius 1 is 1.42 bits per heavy atom. The molecule has 1 unspecified atom stereocenters. The number of hydrogen-bond acceptors (Lipinski definition) is 3. The van der Waals surface area contributed by atoms with Crippen molar-refractivity contribution in [2.24, 2.45) is 5.92 Å². The summed E-state index contributed by atoms with van der Waals surface area (Å²) in [5, 5.41) is 14.8. The summed E-state index contributed by atoms with van der Waals surface area (Å²) in [4.78, 5) is 23.0. The van der Waals surface area contributed by atoms with Gasteiger partial charge in [-0.15, -0.1) is 0 Å². The quantitative estimate of drug-likeness (QED) is 0.690. The molecule has 1 heterocycles. The fourth-order valence-corrected chi connectivity index (χ4v) is 2.17. The molecule has 1 saturated heterocycles. The van der Waals surface area contributed by atoms with Crippen LogP contribution in [0.25, 0.3) is 0 Å². The molecule has 1 aromatic rings. The first-order valence-corrected chi connectivity index (χ1v) is 6.41. The average molecular weight is 262 g/mol. The summed E-state index contributed by atoms with van der Waals surface area (Å²) in [6.07, 6.45) is 0.812. The maximum atomic E-state index is 11.9. The van der Waals surface area contributed by atoms with Gasteiger partial charge in [-0.1, -0.05) is 30.3 Å². The van der Waals surface area contributed by atoms with Gasteiger partial charge in [0.25, 0.3) is 0 Å². The molecule has 102 valence electrons. The van der Waals surface area contributed by atoms with Gasteiger partial charge in [-0.3, -0.25) is 9.59 Å². The summed E-state index contributed by atoms with van der Waals surface area (Å²) < 4.78 is 0. The van der Waals surface area contributed by atoms with Crippen LogP contribution in [0.1, 0.15) is 12.0 Å². The highest BCUT2D eigenvalue weighted by atomic mass is 16.3. The van der Waals surface area contributed by atoms with Gasteiger partial charge in [0.05, 0.1) is 18.6 Å². The highest BCUT2D eigenvalue weighted by Crippen LogP contribution is 2.10. The molecule has 0 bridgehead atoms. The number of carbonyl (C=O) groups is 2. The lowest BCUT2D eigenvalue weighted by atomic mass is 10.0. The number of amides is 2. The summed E-state index contributed by atoms with van der Waals surface area (Å²) in [7, 11) is 0. The van der Waals surface area contributed by atoms with Crippen molar-refractivity contribution in [2.75, 3.05) is 13.2 Å². The number of aliphatic hydroxyl groups is 1. The predicted molar refractivity (Wildman–Crippen MR) is 70.3 cm³/mol. The molecule has 0 saturated carbocycles. The SMILES string of the molecule is O=C1CC(C(=O)N[C@@H](CO)Cc2ccccc2)CN1. The van der Waals surface area contributed by atoms with E-state index in [2.05, 4.69) is 10.6 Å². The molecule has 1 aliphatic rings. The van der Waals surface area contributed by atoms with Crippen LogP contribution in [0.15, 0.2) is 30.3 Å². The van der Waals surface area contributed by atoms with Crippen LogP contribution in [0, 0.1) is 5.92 Å². The molecule has 2 atom stereocenters. The summed E-state index contributed by atoms with van der Waals surface area (Å²) >= 11 is 0. The standard InChI is InChI=1S/C14H18N2O3/c17-9-12(6-10-4-2-1-3-5-10)16-14(19)11-7-13(18)15-8-11/h1-5,11-12,17H,6-9H2,(H,15,18)(H,16,19)/t11?,12-/m1/s1. The number of carbonyl (C=O) groups excluding carboxylic acids is 2. The molecular weight excluding hydrogens is 244 g/mol. The molecule has 2 amide bonds. The molecule has 1 aromatic carbocycles. The normalized spacial score (nSPS) is 19.8. The lowest BCUT2D eigenvalue weighted by Crippen LogP contribution is -2.42. The Labute approximate surface area is 112 Å². The Hall–Kier alpha value is -1.88. The van der Waals surface area contributed by atoms with E-state index >= 15 is 0 Å². The average Bonchev–Trinajstić information content (AvgIpc) is 2.86. The maximum Gasteiger partial charge on any atom is 0.225 e. The minimum absolute atomic E-state index is 0.0937. The van der Waals surface area contributed by atoms with Crippen LogP contribution in [-0.4, -0.2) is 36.1 Å². The van der Waals surface area contributed by atoms with Crippen molar-refractivity contribution >= 4 is 11.8 Å². The lowest BCUT2D eigenvalue weighted by molar-refractivity contribution is -0.127. The van der Waals surface area contributed by atoms with E-state index in [1.54, 1.807) is 0 Å². The summed E-state index contributed by atoms with van der Waals surface area (Å²) in [5.74, 6) is -0.589. The Balaban J connectivity index is 1.88. The van der Waals surface area contributed by atoms with Crippen molar-refractivity contribution in [3.05, 3.63) is 35.9 Å². The zero-order valence-corrected chi connectivity index (χ0v) is 10.6. The van der Waals surface area contributed by atoms with Crippen molar-refractivity contribution in [3.8, 4) is 0 Å². The van der Waals surface area contributed by atoms with Crippen molar-refractivity contribution in [1.82, 2.24) is 10.6 Å². The fourth-order valence-electron chi connectivity index (χ4n) is 2.17. The summed E-state index contributed by atoms with van der Waals surface area (Å²) in [6, 6.07) is 9.36. The minimum Gasteiger partial charge on any atom is -0.394 e. The molecular formula is C14H18N2O3. The van der Waals surface area contributed by atoms with Crippen LogP contribution >= 0.6 is 0 Å². The zero-order chi connectivity index (χ0) is 13.7. The fraction of sp³-hybridized carbons (Fsp3) is 0.429. The molecule has 1 fully saturated rings. The molecule has 3 N–H and O–H groups in total. The lowest BCUT2D eigenvalue weighted by Gasteiger charge is -2.18. The van der Waals surface area contributed by atoms with Gasteiger partial charge in [0.2, 0.25) is 11.8 Å². The van der Waals surface area contributed by atoms with E-state index in [4.69, 9.17) is 0 Å². The summed E-state index contributed by atoms with van der Waals surface area (Å²) in [5.41, 5.74) is 1.06. The number of hydrogen-bond donors (Lipinski definition) is 3. The molecule has 0 spiro atoms. The molecule has 0 radical (unpaired) electrons. The Kier molecular flexibility index (Phi) is 4.52. The van der Waals surface area contributed by atoms with E-state index in [9.17, 15) is 14.7 Å². The van der Waals surface area contributed by atoms with E-state index in [1.807, 2.05) is 30.3 Å². The van der Waals surface area contributed by atoms with Crippen molar-refractivity contribution in [2.45, 2.75) is 18.9 Å². The van der Waals surface area contributed by atoms with Crippen molar-refractivity contribution in [3.63, 3.8) is 0 Å². The van der Waals surface area contributed by atoms with E-state index in [0.717, 1.165) is 5.56 Å². The number of benzene rings is 1. The van der Waals surface area contributed by atoms with Gasteiger partial charge in [-0.05, 0) is 12.0 Å². The monoisotopic (exact) mass is 262 g/mol. The molecule has 1 aliphatic heterocycles. The number of aliphatic hydroxyl groups excluding tert-OH is 1. The van der Waals surface area contributed by atoms with Gasteiger partial charge >= 0.3 is 0 Å². The molecule has 2 rings (SSSR count). The predicted octanol–water partition coefficient (Wildman–Crippen LogP) is -0.158. The third-order valence-electron chi connectivity index (χ3n) is 3.24. The van der Waals surface area contributed by atoms with Crippen LogP contribution in [0.4, 0.5) is 0 Å². The van der Waals surface area contributed by atoms with Crippen molar-refractivity contribution in [1.29, 1.82) is 0 Å². The first kappa shape index (κ1) is 13.5. The number of rotatable bonds is 5. The second-order valence-corrected chi connectivity index (χ2v) is 4.78. The van der Waals surface area contributed by atoms with Crippen LogP contribution in [-0.2, 0) is 16.0 Å². The maximum absolute atomic E-state index is 11.9. The van der Waals surface area contributed by atoms with E-state index in [1.165, 1.54) is 0 Å². The zero-order valence-electron chi connectivity index (χ0n) is 10.6. The van der Waals surface area contributed by atoms with Gasteiger partial charge in [0, 0.05) is 13.0 Å². The van der Waals surface area contributed by atoms with Gasteiger partial charge < -0.3 is 15.7 Å². The van der Waals surface area contributed by atoms with Gasteiger partial charge in [0.1, 0.15) is 0 Å². The largest absolute Gasteiger partial charge is 0.394 e. The van der Waals surface area contributed by atoms with E-state index in [0.29, 0.717) is 13.0 Å². The molecule has 0 aliphatic carbocycles. The van der Waals surface area contributed by atoms with Gasteiger partial charge in [0.15, 0.2) is 0 Å². The smallest absolute Gasteiger partial charge is 0.225 e. The first-order chi connectivity index (χ1) is 9.19. The van der Waals surface area contributed by atoms with E-state index in [-0.39, 0.29) is 36.8 Å². The highest BCUT2D eigenvalue weighted by Gasteiger charge is 2.29. The molecule has 5 nitrogen and oxygen atoms in total. The van der Waals surface area contributed by atoms with Gasteiger partial charge in [-0.25, -0.2) is 0 Å². The Morgan fingerprint density at radius 3 is 2.74 bits per heavy atom. The summed E-state index contributed by atoms with van der Waals surface area (Å²) in [6.45, 7) is 0.267. The first-order valence-electron chi connectivity index (χ1n) is 6.41. The minimum atomic E-state index is -0.322.